The first-order chi connectivity index (χ1) is 4.11. The summed E-state index contributed by atoms with van der Waals surface area (Å²) in [6.07, 6.45) is 0. The van der Waals surface area contributed by atoms with Crippen LogP contribution in [0.4, 0.5) is 0 Å². The Labute approximate surface area is 64.6 Å². The molecule has 1 aliphatic heterocycles. The van der Waals surface area contributed by atoms with Crippen molar-refractivity contribution in [3.8, 4) is 0 Å². The van der Waals surface area contributed by atoms with Crippen LogP contribution < -0.4 is 0 Å². The molecule has 9 heavy (non-hydrogen) atoms. The van der Waals surface area contributed by atoms with Crippen molar-refractivity contribution >= 4 is 21.1 Å². The summed E-state index contributed by atoms with van der Waals surface area (Å²) in [6, 6.07) is 0. The second kappa shape index (κ2) is 2.77. The van der Waals surface area contributed by atoms with Crippen molar-refractivity contribution in [2.75, 3.05) is 13.2 Å². The molecule has 0 radical (unpaired) electrons. The third-order valence-electron chi connectivity index (χ3n) is 1.05. The molecule has 1 aliphatic rings. The Morgan fingerprint density at radius 2 is 1.56 bits per heavy atom. The van der Waals surface area contributed by atoms with Crippen LogP contribution in [-0.4, -0.2) is 34.3 Å². The van der Waals surface area contributed by atoms with Crippen LogP contribution in [0.3, 0.4) is 0 Å². The SMILES string of the molecule is C[C](C)(C)[Sb]1[O]CC[O]1. The molecule has 0 unspecified atom stereocenters. The standard InChI is InChI=1S/C4H9.C2H4O2.Sb/c1-4(2)3;3-1-2-4;/h1-3H3;1-2H2;/q;-2;+2. The minimum atomic E-state index is -1.68. The van der Waals surface area contributed by atoms with E-state index in [1.807, 2.05) is 0 Å². The Morgan fingerprint density at radius 3 is 1.78 bits per heavy atom. The van der Waals surface area contributed by atoms with Gasteiger partial charge in [-0.3, -0.25) is 0 Å². The fourth-order valence-electron chi connectivity index (χ4n) is 0.665. The van der Waals surface area contributed by atoms with Gasteiger partial charge in [-0.05, 0) is 0 Å². The van der Waals surface area contributed by atoms with Crippen LogP contribution in [-0.2, 0) is 6.03 Å². The number of rotatable bonds is 0. The summed E-state index contributed by atoms with van der Waals surface area (Å²) >= 11 is -1.68. The van der Waals surface area contributed by atoms with Gasteiger partial charge in [-0.1, -0.05) is 0 Å². The Kier molecular flexibility index (Phi) is 2.42. The van der Waals surface area contributed by atoms with E-state index in [0.29, 0.717) is 3.36 Å². The van der Waals surface area contributed by atoms with Crippen LogP contribution >= 0.6 is 0 Å². The van der Waals surface area contributed by atoms with Gasteiger partial charge in [0.25, 0.3) is 0 Å². The van der Waals surface area contributed by atoms with Crippen molar-refractivity contribution in [3.63, 3.8) is 0 Å². The second-order valence-electron chi connectivity index (χ2n) is 3.09. The van der Waals surface area contributed by atoms with E-state index in [-0.39, 0.29) is 0 Å². The van der Waals surface area contributed by atoms with E-state index in [0.717, 1.165) is 13.2 Å². The normalized spacial score (nSPS) is 23.0. The van der Waals surface area contributed by atoms with Gasteiger partial charge in [0.2, 0.25) is 0 Å². The van der Waals surface area contributed by atoms with Crippen LogP contribution in [0.1, 0.15) is 20.8 Å². The molecule has 1 heterocycles. The molecule has 2 nitrogen and oxygen atoms in total. The van der Waals surface area contributed by atoms with E-state index < -0.39 is 21.1 Å². The van der Waals surface area contributed by atoms with Gasteiger partial charge < -0.3 is 0 Å². The molecule has 0 N–H and O–H groups in total. The van der Waals surface area contributed by atoms with Crippen molar-refractivity contribution in [3.05, 3.63) is 0 Å². The van der Waals surface area contributed by atoms with Gasteiger partial charge in [0.15, 0.2) is 0 Å². The van der Waals surface area contributed by atoms with Crippen LogP contribution in [0.2, 0.25) is 3.36 Å². The fourth-order valence-corrected chi connectivity index (χ4v) is 4.46. The molecule has 0 saturated carbocycles. The zero-order chi connectivity index (χ0) is 6.91. The van der Waals surface area contributed by atoms with Crippen molar-refractivity contribution in [2.45, 2.75) is 24.1 Å². The van der Waals surface area contributed by atoms with Crippen molar-refractivity contribution < 1.29 is 6.03 Å². The average molecular weight is 239 g/mol. The number of hydrogen-bond acceptors (Lipinski definition) is 2. The van der Waals surface area contributed by atoms with E-state index in [4.69, 9.17) is 6.03 Å². The molecule has 0 aromatic carbocycles. The summed E-state index contributed by atoms with van der Waals surface area (Å²) in [4.78, 5) is 0. The number of hydrogen-bond donors (Lipinski definition) is 0. The third-order valence-corrected chi connectivity index (χ3v) is 6.56. The Bertz CT molecular complexity index is 91.7. The van der Waals surface area contributed by atoms with Gasteiger partial charge in [-0.2, -0.15) is 0 Å². The average Bonchev–Trinajstić information content (AvgIpc) is 2.08. The summed E-state index contributed by atoms with van der Waals surface area (Å²) in [5, 5.41) is 0. The van der Waals surface area contributed by atoms with Gasteiger partial charge in [-0.15, -0.1) is 0 Å². The van der Waals surface area contributed by atoms with Crippen molar-refractivity contribution in [2.24, 2.45) is 0 Å². The van der Waals surface area contributed by atoms with E-state index in [1.54, 1.807) is 0 Å². The summed E-state index contributed by atoms with van der Waals surface area (Å²) in [5.41, 5.74) is 0. The topological polar surface area (TPSA) is 18.5 Å². The first-order valence-electron chi connectivity index (χ1n) is 3.17. The molecule has 1 rings (SSSR count). The van der Waals surface area contributed by atoms with E-state index in [2.05, 4.69) is 20.8 Å². The van der Waals surface area contributed by atoms with Crippen LogP contribution in [0.15, 0.2) is 0 Å². The van der Waals surface area contributed by atoms with Gasteiger partial charge in [0, 0.05) is 0 Å². The maximum atomic E-state index is 5.48. The summed E-state index contributed by atoms with van der Waals surface area (Å²) in [7, 11) is 0. The zero-order valence-corrected chi connectivity index (χ0v) is 8.73. The van der Waals surface area contributed by atoms with Gasteiger partial charge in [-0.25, -0.2) is 0 Å². The molecular weight excluding hydrogens is 226 g/mol. The molecular formula is C6H13O2Sb. The van der Waals surface area contributed by atoms with Crippen LogP contribution in [0.5, 0.6) is 0 Å². The predicted molar refractivity (Wildman–Crippen MR) is 37.4 cm³/mol. The molecule has 0 atom stereocenters. The Morgan fingerprint density at radius 1 is 1.11 bits per heavy atom. The molecule has 0 aromatic heterocycles. The van der Waals surface area contributed by atoms with Gasteiger partial charge >= 0.3 is 64.4 Å². The van der Waals surface area contributed by atoms with Gasteiger partial charge in [0.1, 0.15) is 0 Å². The molecule has 1 fully saturated rings. The predicted octanol–water partition coefficient (Wildman–Crippen LogP) is 1.32. The summed E-state index contributed by atoms with van der Waals surface area (Å²) < 4.78 is 11.3. The minimum absolute atomic E-state index is 0.319. The first-order valence-corrected chi connectivity index (χ1v) is 6.53. The molecule has 0 spiro atoms. The second-order valence-corrected chi connectivity index (χ2v) is 9.87. The molecule has 0 amide bonds. The van der Waals surface area contributed by atoms with E-state index in [1.165, 1.54) is 0 Å². The molecule has 1 saturated heterocycles. The van der Waals surface area contributed by atoms with E-state index >= 15 is 0 Å². The van der Waals surface area contributed by atoms with Gasteiger partial charge in [0.05, 0.1) is 0 Å². The monoisotopic (exact) mass is 238 g/mol. The Hall–Kier alpha value is 0.738. The molecule has 0 bridgehead atoms. The molecule has 3 heteroatoms. The van der Waals surface area contributed by atoms with Crippen LogP contribution in [0, 0.1) is 0 Å². The first kappa shape index (κ1) is 7.84. The summed E-state index contributed by atoms with van der Waals surface area (Å²) in [6.45, 7) is 8.25. The molecule has 0 aliphatic carbocycles. The Balaban J connectivity index is 2.42. The summed E-state index contributed by atoms with van der Waals surface area (Å²) in [5.74, 6) is 0. The molecule has 0 aromatic rings. The quantitative estimate of drug-likeness (QED) is 0.593. The van der Waals surface area contributed by atoms with E-state index in [9.17, 15) is 0 Å². The fraction of sp³-hybridized carbons (Fsp3) is 1.00. The van der Waals surface area contributed by atoms with Crippen molar-refractivity contribution in [1.29, 1.82) is 0 Å². The van der Waals surface area contributed by atoms with Crippen LogP contribution in [0.25, 0.3) is 0 Å². The molecule has 54 valence electrons. The third kappa shape index (κ3) is 2.10. The van der Waals surface area contributed by atoms with Crippen molar-refractivity contribution in [1.82, 2.24) is 0 Å². The maximum absolute atomic E-state index is 5.48. The zero-order valence-electron chi connectivity index (χ0n) is 6.18.